The largest absolute Gasteiger partial charge is 0.476 e. The van der Waals surface area contributed by atoms with Gasteiger partial charge in [-0.3, -0.25) is 13.4 Å². The summed E-state index contributed by atoms with van der Waals surface area (Å²) < 4.78 is 13.1. The summed E-state index contributed by atoms with van der Waals surface area (Å²) in [5.74, 6) is 0.189. The number of hydrogen-bond acceptors (Lipinski definition) is 5. The van der Waals surface area contributed by atoms with Crippen molar-refractivity contribution in [3.05, 3.63) is 28.7 Å². The summed E-state index contributed by atoms with van der Waals surface area (Å²) in [5, 5.41) is 9.42. The molecule has 1 aliphatic heterocycles. The smallest absolute Gasteiger partial charge is 0.356 e. The van der Waals surface area contributed by atoms with Gasteiger partial charge >= 0.3 is 5.97 Å². The number of carboxylic acid groups (broad SMARTS) is 1. The molecular formula is C14H14ClN3O4S. The summed E-state index contributed by atoms with van der Waals surface area (Å²) in [6.07, 6.45) is 1.36. The molecule has 0 atom stereocenters. The summed E-state index contributed by atoms with van der Waals surface area (Å²) >= 11 is 6.19. The number of carboxylic acids is 1. The van der Waals surface area contributed by atoms with E-state index in [9.17, 15) is 18.9 Å². The second-order valence-corrected chi connectivity index (χ2v) is 7.34. The molecule has 1 N–H and O–H groups in total. The molecule has 9 heteroatoms. The van der Waals surface area contributed by atoms with Gasteiger partial charge in [-0.15, -0.1) is 0 Å². The molecule has 0 saturated carbocycles. The second kappa shape index (κ2) is 5.93. The summed E-state index contributed by atoms with van der Waals surface area (Å²) in [4.78, 5) is 29.2. The highest BCUT2D eigenvalue weighted by molar-refractivity contribution is 7.85. The number of carbonyl (C=O) groups is 2. The first-order valence-electron chi connectivity index (χ1n) is 6.94. The Labute approximate surface area is 139 Å². The van der Waals surface area contributed by atoms with E-state index in [-0.39, 0.29) is 22.0 Å². The van der Waals surface area contributed by atoms with Gasteiger partial charge in [-0.25, -0.2) is 9.78 Å². The second-order valence-electron chi connectivity index (χ2n) is 5.24. The van der Waals surface area contributed by atoms with Gasteiger partial charge in [-0.05, 0) is 13.0 Å². The molecule has 7 nitrogen and oxygen atoms in total. The summed E-state index contributed by atoms with van der Waals surface area (Å²) in [5.41, 5.74) is 0.488. The van der Waals surface area contributed by atoms with Crippen molar-refractivity contribution in [1.29, 1.82) is 0 Å². The van der Waals surface area contributed by atoms with Crippen molar-refractivity contribution in [3.63, 3.8) is 0 Å². The van der Waals surface area contributed by atoms with Crippen molar-refractivity contribution in [2.24, 2.45) is 0 Å². The Kier molecular flexibility index (Phi) is 4.11. The molecule has 2 aromatic heterocycles. The van der Waals surface area contributed by atoms with Crippen molar-refractivity contribution in [3.8, 4) is 0 Å². The fourth-order valence-electron chi connectivity index (χ4n) is 2.71. The molecule has 1 saturated heterocycles. The average Bonchev–Trinajstić information content (AvgIpc) is 2.94. The fraction of sp³-hybridized carbons (Fsp3) is 0.357. The SMILES string of the molecule is CC(=O)c1cc(Cl)c2c(C(=O)O)ncn2c1N1CCS(=O)CC1. The predicted molar refractivity (Wildman–Crippen MR) is 87.3 cm³/mol. The van der Waals surface area contributed by atoms with E-state index >= 15 is 0 Å². The number of Topliss-reactive ketones (excluding diaryl/α,β-unsaturated/α-hetero) is 1. The van der Waals surface area contributed by atoms with Crippen LogP contribution in [0.3, 0.4) is 0 Å². The van der Waals surface area contributed by atoms with Crippen LogP contribution in [0.25, 0.3) is 5.52 Å². The molecule has 1 aliphatic rings. The molecular weight excluding hydrogens is 342 g/mol. The van der Waals surface area contributed by atoms with E-state index < -0.39 is 16.8 Å². The van der Waals surface area contributed by atoms with E-state index in [0.29, 0.717) is 36.0 Å². The predicted octanol–water partition coefficient (Wildman–Crippen LogP) is 1.46. The van der Waals surface area contributed by atoms with E-state index in [2.05, 4.69) is 4.98 Å². The number of hydrogen-bond donors (Lipinski definition) is 1. The van der Waals surface area contributed by atoms with Crippen LogP contribution in [0.15, 0.2) is 12.4 Å². The quantitative estimate of drug-likeness (QED) is 0.838. The highest BCUT2D eigenvalue weighted by Gasteiger charge is 2.26. The fourth-order valence-corrected chi connectivity index (χ4v) is 4.06. The van der Waals surface area contributed by atoms with Crippen molar-refractivity contribution in [2.45, 2.75) is 6.92 Å². The Morgan fingerprint density at radius 1 is 1.35 bits per heavy atom. The van der Waals surface area contributed by atoms with Crippen molar-refractivity contribution >= 4 is 45.5 Å². The minimum Gasteiger partial charge on any atom is -0.476 e. The van der Waals surface area contributed by atoms with Crippen LogP contribution in [0.2, 0.25) is 5.02 Å². The Hall–Kier alpha value is -1.93. The molecule has 0 radical (unpaired) electrons. The molecule has 0 amide bonds. The Morgan fingerprint density at radius 2 is 2.00 bits per heavy atom. The molecule has 0 aromatic carbocycles. The standard InChI is InChI=1S/C14H14ClN3O4S/c1-8(19)9-6-10(15)12-11(14(20)21)16-7-18(12)13(9)17-2-4-23(22)5-3-17/h6-7H,2-5H2,1H3,(H,20,21). The molecule has 3 rings (SSSR count). The number of nitrogens with zero attached hydrogens (tertiary/aromatic N) is 3. The summed E-state index contributed by atoms with van der Waals surface area (Å²) in [7, 11) is -0.864. The summed E-state index contributed by atoms with van der Waals surface area (Å²) in [6.45, 7) is 2.46. The lowest BCUT2D eigenvalue weighted by Gasteiger charge is -2.30. The number of halogens is 1. The van der Waals surface area contributed by atoms with Gasteiger partial charge < -0.3 is 10.0 Å². The van der Waals surface area contributed by atoms with Crippen LogP contribution >= 0.6 is 11.6 Å². The average molecular weight is 356 g/mol. The third-order valence-corrected chi connectivity index (χ3v) is 5.36. The molecule has 0 aliphatic carbocycles. The van der Waals surface area contributed by atoms with Crippen LogP contribution < -0.4 is 4.90 Å². The minimum atomic E-state index is -1.18. The maximum absolute atomic E-state index is 12.0. The Balaban J connectivity index is 2.26. The number of fused-ring (bicyclic) bond motifs is 1. The molecule has 0 spiro atoms. The number of imidazole rings is 1. The van der Waals surface area contributed by atoms with E-state index in [1.165, 1.54) is 23.7 Å². The van der Waals surface area contributed by atoms with Gasteiger partial charge in [0.1, 0.15) is 17.7 Å². The van der Waals surface area contributed by atoms with Gasteiger partial charge in [0.15, 0.2) is 11.5 Å². The maximum Gasteiger partial charge on any atom is 0.356 e. The number of ketones is 1. The third-order valence-electron chi connectivity index (χ3n) is 3.79. The van der Waals surface area contributed by atoms with Crippen molar-refractivity contribution < 1.29 is 18.9 Å². The van der Waals surface area contributed by atoms with Crippen LogP contribution in [-0.2, 0) is 10.8 Å². The van der Waals surface area contributed by atoms with E-state index in [1.54, 1.807) is 0 Å². The van der Waals surface area contributed by atoms with Crippen molar-refractivity contribution in [2.75, 3.05) is 29.5 Å². The highest BCUT2D eigenvalue weighted by Crippen LogP contribution is 2.31. The zero-order valence-electron chi connectivity index (χ0n) is 12.3. The number of aromatic carboxylic acids is 1. The van der Waals surface area contributed by atoms with Crippen molar-refractivity contribution in [1.82, 2.24) is 9.38 Å². The number of anilines is 1. The zero-order chi connectivity index (χ0) is 16.7. The first-order valence-corrected chi connectivity index (χ1v) is 8.80. The van der Waals surface area contributed by atoms with Gasteiger partial charge in [0, 0.05) is 35.4 Å². The monoisotopic (exact) mass is 355 g/mol. The van der Waals surface area contributed by atoms with Crippen LogP contribution in [0.5, 0.6) is 0 Å². The summed E-state index contributed by atoms with van der Waals surface area (Å²) in [6, 6.07) is 1.48. The minimum absolute atomic E-state index is 0.160. The molecule has 122 valence electrons. The highest BCUT2D eigenvalue weighted by atomic mass is 35.5. The molecule has 2 aromatic rings. The van der Waals surface area contributed by atoms with Gasteiger partial charge in [0.25, 0.3) is 0 Å². The Bertz CT molecular complexity index is 838. The van der Waals surface area contributed by atoms with Gasteiger partial charge in [0.2, 0.25) is 0 Å². The topological polar surface area (TPSA) is 92.0 Å². The first kappa shape index (κ1) is 15.9. The zero-order valence-corrected chi connectivity index (χ0v) is 13.9. The Morgan fingerprint density at radius 3 is 2.57 bits per heavy atom. The van der Waals surface area contributed by atoms with E-state index in [0.717, 1.165) is 0 Å². The van der Waals surface area contributed by atoms with Crippen LogP contribution in [0, 0.1) is 0 Å². The van der Waals surface area contributed by atoms with E-state index in [1.807, 2.05) is 4.90 Å². The van der Waals surface area contributed by atoms with Gasteiger partial charge in [-0.2, -0.15) is 0 Å². The number of rotatable bonds is 3. The maximum atomic E-state index is 12.0. The van der Waals surface area contributed by atoms with Crippen LogP contribution in [-0.4, -0.2) is 55.0 Å². The number of pyridine rings is 1. The van der Waals surface area contributed by atoms with Gasteiger partial charge in [0.05, 0.1) is 10.6 Å². The number of carbonyl (C=O) groups excluding carboxylic acids is 1. The molecule has 0 unspecified atom stereocenters. The molecule has 0 bridgehead atoms. The molecule has 1 fully saturated rings. The van der Waals surface area contributed by atoms with Crippen LogP contribution in [0.1, 0.15) is 27.8 Å². The van der Waals surface area contributed by atoms with Gasteiger partial charge in [-0.1, -0.05) is 11.6 Å². The molecule has 23 heavy (non-hydrogen) atoms. The van der Waals surface area contributed by atoms with E-state index in [4.69, 9.17) is 11.6 Å². The van der Waals surface area contributed by atoms with Crippen LogP contribution in [0.4, 0.5) is 5.82 Å². The molecule has 3 heterocycles. The third kappa shape index (κ3) is 2.72. The lowest BCUT2D eigenvalue weighted by molar-refractivity contribution is 0.0693. The number of aromatic nitrogens is 2. The first-order chi connectivity index (χ1) is 10.9. The normalized spacial score (nSPS) is 16.0. The lowest BCUT2D eigenvalue weighted by atomic mass is 10.1. The lowest BCUT2D eigenvalue weighted by Crippen LogP contribution is -2.39.